The molecule has 0 bridgehead atoms. The lowest BCUT2D eigenvalue weighted by Crippen LogP contribution is -2.41. The summed E-state index contributed by atoms with van der Waals surface area (Å²) in [5.41, 5.74) is 0.506. The maximum absolute atomic E-state index is 13.3. The number of anilines is 1. The number of benzene rings is 2. The van der Waals surface area contributed by atoms with Gasteiger partial charge in [-0.3, -0.25) is 4.79 Å². The molecule has 1 fully saturated rings. The number of hydrogen-bond acceptors (Lipinski definition) is 5. The highest BCUT2D eigenvalue weighted by atomic mass is 35.5. The van der Waals surface area contributed by atoms with Crippen molar-refractivity contribution in [2.45, 2.75) is 17.7 Å². The van der Waals surface area contributed by atoms with Gasteiger partial charge in [-0.2, -0.15) is 4.31 Å². The maximum Gasteiger partial charge on any atom is 0.339 e. The number of methoxy groups -OCH3 is 1. The Bertz CT molecular complexity index is 1120. The van der Waals surface area contributed by atoms with Gasteiger partial charge < -0.3 is 10.1 Å². The maximum atomic E-state index is 13.3. The van der Waals surface area contributed by atoms with Crippen LogP contribution in [0.25, 0.3) is 0 Å². The van der Waals surface area contributed by atoms with Crippen LogP contribution >= 0.6 is 23.2 Å². The number of halogens is 3. The van der Waals surface area contributed by atoms with Crippen LogP contribution in [0.2, 0.25) is 10.0 Å². The molecule has 0 saturated carbocycles. The van der Waals surface area contributed by atoms with E-state index >= 15 is 0 Å². The summed E-state index contributed by atoms with van der Waals surface area (Å²) >= 11 is 11.7. The van der Waals surface area contributed by atoms with Crippen molar-refractivity contribution in [3.8, 4) is 0 Å². The molecule has 0 spiro atoms. The van der Waals surface area contributed by atoms with E-state index in [9.17, 15) is 22.4 Å². The minimum absolute atomic E-state index is 0.0988. The lowest BCUT2D eigenvalue weighted by molar-refractivity contribution is -0.120. The molecule has 1 aliphatic rings. The number of amides is 1. The Balaban J connectivity index is 1.65. The Morgan fingerprint density at radius 3 is 2.39 bits per heavy atom. The van der Waals surface area contributed by atoms with E-state index in [1.54, 1.807) is 6.07 Å². The van der Waals surface area contributed by atoms with Crippen LogP contribution < -0.4 is 5.32 Å². The summed E-state index contributed by atoms with van der Waals surface area (Å²) in [6.07, 6.45) is 0.606. The number of carbonyl (C=O) groups excluding carboxylic acids is 2. The van der Waals surface area contributed by atoms with Crippen molar-refractivity contribution in [2.75, 3.05) is 25.5 Å². The number of esters is 1. The standard InChI is InChI=1S/C20H19Cl2FN2O5S/c1-30-20(27)15-10-13(2-4-16(15)21)24-19(26)12-6-8-25(9-7-12)31(28,29)14-3-5-18(23)17(22)11-14/h2-5,10-12H,6-9H2,1H3,(H,24,26). The summed E-state index contributed by atoms with van der Waals surface area (Å²) in [5.74, 6) is -2.03. The van der Waals surface area contributed by atoms with Crippen molar-refractivity contribution in [1.82, 2.24) is 4.31 Å². The van der Waals surface area contributed by atoms with Crippen molar-refractivity contribution in [1.29, 1.82) is 0 Å². The van der Waals surface area contributed by atoms with Crippen LogP contribution in [0.15, 0.2) is 41.3 Å². The van der Waals surface area contributed by atoms with Gasteiger partial charge in [0, 0.05) is 24.7 Å². The zero-order chi connectivity index (χ0) is 22.8. The first-order valence-corrected chi connectivity index (χ1v) is 11.5. The highest BCUT2D eigenvalue weighted by Crippen LogP contribution is 2.28. The molecule has 11 heteroatoms. The first kappa shape index (κ1) is 23.5. The highest BCUT2D eigenvalue weighted by Gasteiger charge is 2.32. The third-order valence-corrected chi connectivity index (χ3v) is 7.51. The van der Waals surface area contributed by atoms with Gasteiger partial charge in [-0.15, -0.1) is 0 Å². The van der Waals surface area contributed by atoms with Crippen LogP contribution in [-0.2, 0) is 19.6 Å². The molecule has 0 atom stereocenters. The quantitative estimate of drug-likeness (QED) is 0.642. The van der Waals surface area contributed by atoms with Crippen molar-refractivity contribution < 1.29 is 27.1 Å². The molecule has 1 saturated heterocycles. The number of rotatable bonds is 5. The smallest absolute Gasteiger partial charge is 0.339 e. The molecule has 3 rings (SSSR count). The predicted octanol–water partition coefficient (Wildman–Crippen LogP) is 3.96. The van der Waals surface area contributed by atoms with Gasteiger partial charge in [-0.05, 0) is 49.2 Å². The topological polar surface area (TPSA) is 92.8 Å². The van der Waals surface area contributed by atoms with Crippen molar-refractivity contribution in [3.63, 3.8) is 0 Å². The molecule has 0 unspecified atom stereocenters. The largest absolute Gasteiger partial charge is 0.465 e. The van der Waals surface area contributed by atoms with E-state index in [1.165, 1.54) is 23.5 Å². The number of carbonyl (C=O) groups is 2. The number of piperidine rings is 1. The van der Waals surface area contributed by atoms with Crippen molar-refractivity contribution >= 4 is 50.8 Å². The second kappa shape index (κ2) is 9.52. The Morgan fingerprint density at radius 1 is 1.10 bits per heavy atom. The molecule has 2 aromatic rings. The first-order chi connectivity index (χ1) is 14.6. The van der Waals surface area contributed by atoms with Gasteiger partial charge in [0.05, 0.1) is 27.6 Å². The second-order valence-electron chi connectivity index (χ2n) is 6.93. The van der Waals surface area contributed by atoms with E-state index in [2.05, 4.69) is 10.1 Å². The summed E-state index contributed by atoms with van der Waals surface area (Å²) in [6.45, 7) is 0.257. The monoisotopic (exact) mass is 488 g/mol. The van der Waals surface area contributed by atoms with Gasteiger partial charge in [0.1, 0.15) is 5.82 Å². The Hall–Kier alpha value is -2.20. The number of sulfonamides is 1. The molecular weight excluding hydrogens is 470 g/mol. The molecule has 0 aromatic heterocycles. The van der Waals surface area contributed by atoms with E-state index in [-0.39, 0.29) is 39.5 Å². The van der Waals surface area contributed by atoms with Crippen LogP contribution in [0.5, 0.6) is 0 Å². The molecule has 0 radical (unpaired) electrons. The highest BCUT2D eigenvalue weighted by molar-refractivity contribution is 7.89. The molecule has 1 N–H and O–H groups in total. The third-order valence-electron chi connectivity index (χ3n) is 4.99. The Kier molecular flexibility index (Phi) is 7.20. The normalized spacial score (nSPS) is 15.5. The number of hydrogen-bond donors (Lipinski definition) is 1. The number of nitrogens with one attached hydrogen (secondary N) is 1. The summed E-state index contributed by atoms with van der Waals surface area (Å²) in [7, 11) is -2.62. The van der Waals surface area contributed by atoms with Gasteiger partial charge in [0.15, 0.2) is 0 Å². The van der Waals surface area contributed by atoms with Crippen LogP contribution in [0.3, 0.4) is 0 Å². The van der Waals surface area contributed by atoms with E-state index in [1.807, 2.05) is 0 Å². The Labute approximate surface area is 189 Å². The molecule has 2 aromatic carbocycles. The fourth-order valence-electron chi connectivity index (χ4n) is 3.26. The fourth-order valence-corrected chi connectivity index (χ4v) is 5.19. The van der Waals surface area contributed by atoms with Crippen molar-refractivity contribution in [2.24, 2.45) is 5.92 Å². The van der Waals surface area contributed by atoms with Gasteiger partial charge in [-0.1, -0.05) is 23.2 Å². The zero-order valence-corrected chi connectivity index (χ0v) is 18.7. The molecule has 1 aliphatic heterocycles. The minimum Gasteiger partial charge on any atom is -0.465 e. The zero-order valence-electron chi connectivity index (χ0n) is 16.4. The van der Waals surface area contributed by atoms with Crippen LogP contribution in [0.4, 0.5) is 10.1 Å². The number of nitrogens with zero attached hydrogens (tertiary/aromatic N) is 1. The molecule has 1 amide bonds. The van der Waals surface area contributed by atoms with Crippen molar-refractivity contribution in [3.05, 3.63) is 57.8 Å². The summed E-state index contributed by atoms with van der Waals surface area (Å²) in [4.78, 5) is 24.3. The van der Waals surface area contributed by atoms with Gasteiger partial charge in [0.25, 0.3) is 0 Å². The van der Waals surface area contributed by atoms with E-state index in [0.717, 1.165) is 18.2 Å². The van der Waals surface area contributed by atoms with Gasteiger partial charge in [-0.25, -0.2) is 17.6 Å². The van der Waals surface area contributed by atoms with E-state index < -0.39 is 27.7 Å². The third kappa shape index (κ3) is 5.17. The van der Waals surface area contributed by atoms with E-state index in [4.69, 9.17) is 23.2 Å². The molecule has 7 nitrogen and oxygen atoms in total. The molecular formula is C20H19Cl2FN2O5S. The summed E-state index contributed by atoms with van der Waals surface area (Å²) < 4.78 is 44.8. The first-order valence-electron chi connectivity index (χ1n) is 9.27. The lowest BCUT2D eigenvalue weighted by Gasteiger charge is -2.30. The lowest BCUT2D eigenvalue weighted by atomic mass is 9.97. The summed E-state index contributed by atoms with van der Waals surface area (Å²) in [5, 5.41) is 2.65. The fraction of sp³-hybridized carbons (Fsp3) is 0.300. The van der Waals surface area contributed by atoms with Crippen LogP contribution in [0.1, 0.15) is 23.2 Å². The second-order valence-corrected chi connectivity index (χ2v) is 9.68. The average molecular weight is 489 g/mol. The molecule has 1 heterocycles. The molecule has 31 heavy (non-hydrogen) atoms. The van der Waals surface area contributed by atoms with Gasteiger partial charge >= 0.3 is 5.97 Å². The number of ether oxygens (including phenoxy) is 1. The summed E-state index contributed by atoms with van der Waals surface area (Å²) in [6, 6.07) is 7.70. The predicted molar refractivity (Wildman–Crippen MR) is 114 cm³/mol. The van der Waals surface area contributed by atoms with Crippen LogP contribution in [0, 0.1) is 11.7 Å². The molecule has 0 aliphatic carbocycles. The van der Waals surface area contributed by atoms with Crippen LogP contribution in [-0.4, -0.2) is 44.8 Å². The SMILES string of the molecule is COC(=O)c1cc(NC(=O)C2CCN(S(=O)(=O)c3ccc(F)c(Cl)c3)CC2)ccc1Cl. The molecule has 166 valence electrons. The van der Waals surface area contributed by atoms with Gasteiger partial charge in [0.2, 0.25) is 15.9 Å². The Morgan fingerprint density at radius 2 is 1.77 bits per heavy atom. The average Bonchev–Trinajstić information content (AvgIpc) is 2.76. The minimum atomic E-state index is -3.85. The van der Waals surface area contributed by atoms with E-state index in [0.29, 0.717) is 18.5 Å².